The van der Waals surface area contributed by atoms with Crippen molar-refractivity contribution < 1.29 is 18.3 Å². The largest absolute Gasteiger partial charge is 0.381 e. The molecule has 1 aliphatic heterocycles. The molecule has 1 amide bonds. The molecule has 17 heavy (non-hydrogen) atoms. The highest BCUT2D eigenvalue weighted by Crippen LogP contribution is 2.21. The number of amides is 1. The number of rotatable bonds is 2. The molecular weight excluding hydrogens is 228 g/mol. The van der Waals surface area contributed by atoms with E-state index in [2.05, 4.69) is 5.32 Å². The summed E-state index contributed by atoms with van der Waals surface area (Å²) in [5.41, 5.74) is -0.386. The van der Waals surface area contributed by atoms with Gasteiger partial charge in [-0.25, -0.2) is 8.78 Å². The molecule has 1 heterocycles. The van der Waals surface area contributed by atoms with E-state index in [-0.39, 0.29) is 11.6 Å². The molecule has 1 atom stereocenters. The zero-order valence-electron chi connectivity index (χ0n) is 9.21. The highest BCUT2D eigenvalue weighted by molar-refractivity contribution is 5.92. The molecule has 3 nitrogen and oxygen atoms in total. The number of para-hydroxylation sites is 1. The van der Waals surface area contributed by atoms with Gasteiger partial charge in [0.1, 0.15) is 17.3 Å². The van der Waals surface area contributed by atoms with E-state index in [1.807, 2.05) is 0 Å². The third-order valence-electron chi connectivity index (χ3n) is 2.74. The van der Waals surface area contributed by atoms with Gasteiger partial charge in [0.25, 0.3) is 0 Å². The van der Waals surface area contributed by atoms with Crippen LogP contribution in [-0.2, 0) is 9.53 Å². The summed E-state index contributed by atoms with van der Waals surface area (Å²) < 4.78 is 31.7. The summed E-state index contributed by atoms with van der Waals surface area (Å²) in [6, 6.07) is 3.47. The van der Waals surface area contributed by atoms with E-state index in [9.17, 15) is 13.6 Å². The highest BCUT2D eigenvalue weighted by atomic mass is 19.1. The zero-order chi connectivity index (χ0) is 12.3. The van der Waals surface area contributed by atoms with Crippen molar-refractivity contribution in [3.63, 3.8) is 0 Å². The lowest BCUT2D eigenvalue weighted by atomic mass is 10.0. The van der Waals surface area contributed by atoms with E-state index in [1.54, 1.807) is 0 Å². The normalized spacial score (nSPS) is 20.0. The minimum atomic E-state index is -0.768. The Labute approximate surface area is 97.8 Å². The highest BCUT2D eigenvalue weighted by Gasteiger charge is 2.23. The third-order valence-corrected chi connectivity index (χ3v) is 2.74. The maximum absolute atomic E-state index is 13.3. The number of nitrogens with one attached hydrogen (secondary N) is 1. The number of hydrogen-bond acceptors (Lipinski definition) is 2. The maximum Gasteiger partial charge on any atom is 0.229 e. The lowest BCUT2D eigenvalue weighted by molar-refractivity contribution is -0.123. The number of ether oxygens (including phenoxy) is 1. The van der Waals surface area contributed by atoms with Crippen molar-refractivity contribution in [3.8, 4) is 0 Å². The molecule has 1 aliphatic rings. The molecule has 5 heteroatoms. The minimum absolute atomic E-state index is 0.307. The van der Waals surface area contributed by atoms with Crippen LogP contribution in [0.15, 0.2) is 18.2 Å². The Balaban J connectivity index is 2.07. The van der Waals surface area contributed by atoms with E-state index in [0.717, 1.165) is 18.6 Å². The first kappa shape index (κ1) is 12.0. The molecule has 0 spiro atoms. The van der Waals surface area contributed by atoms with Crippen LogP contribution in [-0.4, -0.2) is 19.1 Å². The fourth-order valence-corrected chi connectivity index (χ4v) is 1.79. The molecule has 0 radical (unpaired) electrons. The molecule has 1 fully saturated rings. The average molecular weight is 241 g/mol. The molecule has 1 aromatic carbocycles. The molecule has 0 aromatic heterocycles. The fourth-order valence-electron chi connectivity index (χ4n) is 1.79. The number of carbonyl (C=O) groups excluding carboxylic acids is 1. The van der Waals surface area contributed by atoms with E-state index in [1.165, 1.54) is 6.07 Å². The van der Waals surface area contributed by atoms with Crippen LogP contribution in [0.4, 0.5) is 14.5 Å². The summed E-state index contributed by atoms with van der Waals surface area (Å²) >= 11 is 0. The van der Waals surface area contributed by atoms with Crippen LogP contribution in [0.3, 0.4) is 0 Å². The van der Waals surface area contributed by atoms with E-state index >= 15 is 0 Å². The molecule has 0 bridgehead atoms. The fraction of sp³-hybridized carbons (Fsp3) is 0.417. The van der Waals surface area contributed by atoms with Crippen molar-refractivity contribution in [2.24, 2.45) is 5.92 Å². The van der Waals surface area contributed by atoms with E-state index in [4.69, 9.17) is 4.74 Å². The van der Waals surface area contributed by atoms with Crippen LogP contribution in [0.1, 0.15) is 12.8 Å². The summed E-state index contributed by atoms with van der Waals surface area (Å²) in [4.78, 5) is 11.7. The van der Waals surface area contributed by atoms with Crippen LogP contribution < -0.4 is 5.32 Å². The molecule has 1 aromatic rings. The molecule has 92 valence electrons. The van der Waals surface area contributed by atoms with Crippen LogP contribution in [0.5, 0.6) is 0 Å². The van der Waals surface area contributed by atoms with Gasteiger partial charge >= 0.3 is 0 Å². The Kier molecular flexibility index (Phi) is 3.68. The Bertz CT molecular complexity index is 397. The van der Waals surface area contributed by atoms with Crippen molar-refractivity contribution in [1.82, 2.24) is 0 Å². The van der Waals surface area contributed by atoms with Crippen molar-refractivity contribution in [3.05, 3.63) is 29.8 Å². The van der Waals surface area contributed by atoms with Crippen LogP contribution in [0.2, 0.25) is 0 Å². The first-order chi connectivity index (χ1) is 8.18. The first-order valence-corrected chi connectivity index (χ1v) is 5.51. The smallest absolute Gasteiger partial charge is 0.229 e. The van der Waals surface area contributed by atoms with Gasteiger partial charge in [-0.3, -0.25) is 4.79 Å². The van der Waals surface area contributed by atoms with Crippen LogP contribution >= 0.6 is 0 Å². The Morgan fingerprint density at radius 2 is 2.06 bits per heavy atom. The molecule has 0 aliphatic carbocycles. The minimum Gasteiger partial charge on any atom is -0.381 e. The molecule has 1 saturated heterocycles. The van der Waals surface area contributed by atoms with Crippen molar-refractivity contribution in [1.29, 1.82) is 0 Å². The second-order valence-electron chi connectivity index (χ2n) is 4.00. The van der Waals surface area contributed by atoms with Gasteiger partial charge in [-0.1, -0.05) is 6.07 Å². The lowest BCUT2D eigenvalue weighted by Gasteiger charge is -2.21. The van der Waals surface area contributed by atoms with Gasteiger partial charge in [0.15, 0.2) is 0 Å². The van der Waals surface area contributed by atoms with Gasteiger partial charge in [0, 0.05) is 6.61 Å². The monoisotopic (exact) mass is 241 g/mol. The Hall–Kier alpha value is -1.49. The SMILES string of the molecule is O=C(Nc1c(F)cccc1F)C1CCCOC1. The third kappa shape index (κ3) is 2.79. The van der Waals surface area contributed by atoms with Gasteiger partial charge in [-0.2, -0.15) is 0 Å². The molecular formula is C12H13F2NO2. The number of halogens is 2. The Morgan fingerprint density at radius 3 is 2.65 bits per heavy atom. The quantitative estimate of drug-likeness (QED) is 0.863. The first-order valence-electron chi connectivity index (χ1n) is 5.51. The zero-order valence-corrected chi connectivity index (χ0v) is 9.21. The summed E-state index contributed by atoms with van der Waals surface area (Å²) in [5, 5.41) is 2.28. The van der Waals surface area contributed by atoms with Crippen LogP contribution in [0, 0.1) is 17.6 Å². The van der Waals surface area contributed by atoms with Crippen molar-refractivity contribution in [2.75, 3.05) is 18.5 Å². The summed E-state index contributed by atoms with van der Waals surface area (Å²) in [5.74, 6) is -2.26. The van der Waals surface area contributed by atoms with Gasteiger partial charge in [0.2, 0.25) is 5.91 Å². The van der Waals surface area contributed by atoms with Gasteiger partial charge in [0.05, 0.1) is 12.5 Å². The summed E-state index contributed by atoms with van der Waals surface area (Å²) in [6.07, 6.45) is 1.47. The lowest BCUT2D eigenvalue weighted by Crippen LogP contribution is -2.30. The van der Waals surface area contributed by atoms with Crippen molar-refractivity contribution >= 4 is 11.6 Å². The van der Waals surface area contributed by atoms with Crippen molar-refractivity contribution in [2.45, 2.75) is 12.8 Å². The van der Waals surface area contributed by atoms with Crippen LogP contribution in [0.25, 0.3) is 0 Å². The summed E-state index contributed by atoms with van der Waals surface area (Å²) in [7, 11) is 0. The number of anilines is 1. The Morgan fingerprint density at radius 1 is 1.35 bits per heavy atom. The standard InChI is InChI=1S/C12H13F2NO2/c13-9-4-1-5-10(14)11(9)15-12(16)8-3-2-6-17-7-8/h1,4-5,8H,2-3,6-7H2,(H,15,16). The summed E-state index contributed by atoms with van der Waals surface area (Å²) in [6.45, 7) is 0.944. The second-order valence-corrected chi connectivity index (χ2v) is 4.00. The van der Waals surface area contributed by atoms with E-state index < -0.39 is 17.5 Å². The molecule has 1 N–H and O–H groups in total. The van der Waals surface area contributed by atoms with Gasteiger partial charge in [-0.05, 0) is 25.0 Å². The number of hydrogen-bond donors (Lipinski definition) is 1. The molecule has 2 rings (SSSR count). The van der Waals surface area contributed by atoms with Gasteiger partial charge < -0.3 is 10.1 Å². The molecule has 1 unspecified atom stereocenters. The maximum atomic E-state index is 13.3. The number of carbonyl (C=O) groups is 1. The number of benzene rings is 1. The van der Waals surface area contributed by atoms with E-state index in [0.29, 0.717) is 19.6 Å². The average Bonchev–Trinajstić information content (AvgIpc) is 2.35. The topological polar surface area (TPSA) is 38.3 Å². The predicted molar refractivity (Wildman–Crippen MR) is 58.5 cm³/mol. The second kappa shape index (κ2) is 5.23. The predicted octanol–water partition coefficient (Wildman–Crippen LogP) is 2.33. The van der Waals surface area contributed by atoms with Gasteiger partial charge in [-0.15, -0.1) is 0 Å². The molecule has 0 saturated carbocycles.